The van der Waals surface area contributed by atoms with Crippen molar-refractivity contribution in [2.75, 3.05) is 19.6 Å². The first-order valence-electron chi connectivity index (χ1n) is 9.73. The van der Waals surface area contributed by atoms with Gasteiger partial charge in [0.25, 0.3) is 5.91 Å². The van der Waals surface area contributed by atoms with Crippen molar-refractivity contribution in [2.45, 2.75) is 13.0 Å². The topological polar surface area (TPSA) is 94.0 Å². The lowest BCUT2D eigenvalue weighted by atomic mass is 10.1. The summed E-state index contributed by atoms with van der Waals surface area (Å²) in [5.41, 5.74) is 0.937. The van der Waals surface area contributed by atoms with Gasteiger partial charge >= 0.3 is 6.09 Å². The number of piperazine rings is 1. The van der Waals surface area contributed by atoms with Crippen LogP contribution in [0.25, 0.3) is 22.2 Å². The highest BCUT2D eigenvalue weighted by atomic mass is 35.5. The van der Waals surface area contributed by atoms with Crippen molar-refractivity contribution in [3.63, 3.8) is 0 Å². The molecule has 0 bridgehead atoms. The Balaban J connectivity index is 1.68. The van der Waals surface area contributed by atoms with Crippen LogP contribution in [0, 0.1) is 11.6 Å². The number of aromatic hydroxyl groups is 1. The Bertz CT molecular complexity index is 1230. The molecule has 3 aromatic rings. The molecule has 0 aliphatic carbocycles. The Labute approximate surface area is 186 Å². The van der Waals surface area contributed by atoms with Crippen LogP contribution in [0.1, 0.15) is 17.3 Å². The second-order valence-electron chi connectivity index (χ2n) is 7.59. The van der Waals surface area contributed by atoms with E-state index in [1.807, 2.05) is 0 Å². The minimum absolute atomic E-state index is 0.0805. The van der Waals surface area contributed by atoms with Crippen molar-refractivity contribution < 1.29 is 28.6 Å². The summed E-state index contributed by atoms with van der Waals surface area (Å²) in [4.78, 5) is 31.5. The van der Waals surface area contributed by atoms with Crippen LogP contribution in [0.2, 0.25) is 5.02 Å². The van der Waals surface area contributed by atoms with Gasteiger partial charge in [0.15, 0.2) is 17.4 Å². The number of nitrogens with zero attached hydrogens (tertiary/aromatic N) is 3. The molecular weight excluding hydrogens is 444 g/mol. The molecule has 1 aliphatic rings. The van der Waals surface area contributed by atoms with Crippen molar-refractivity contribution in [3.8, 4) is 17.0 Å². The number of amides is 2. The molecule has 166 valence electrons. The molecule has 0 unspecified atom stereocenters. The number of phenolic OH excluding ortho intramolecular Hbond substituents is 1. The summed E-state index contributed by atoms with van der Waals surface area (Å²) < 4.78 is 27.6. The largest absolute Gasteiger partial charge is 0.503 e. The molecule has 0 saturated carbocycles. The van der Waals surface area contributed by atoms with Gasteiger partial charge in [0, 0.05) is 42.2 Å². The normalized spacial score (nSPS) is 16.4. The molecular formula is C22H18ClF2N3O4. The fourth-order valence-electron chi connectivity index (χ4n) is 3.79. The minimum atomic E-state index is -1.13. The van der Waals surface area contributed by atoms with Gasteiger partial charge in [-0.05, 0) is 37.3 Å². The number of aromatic nitrogens is 1. The van der Waals surface area contributed by atoms with Gasteiger partial charge < -0.3 is 20.0 Å². The third kappa shape index (κ3) is 3.91. The van der Waals surface area contributed by atoms with Crippen LogP contribution in [0.3, 0.4) is 0 Å². The highest BCUT2D eigenvalue weighted by Crippen LogP contribution is 2.32. The number of carboxylic acid groups (broad SMARTS) is 1. The average Bonchev–Trinajstić information content (AvgIpc) is 2.75. The quantitative estimate of drug-likeness (QED) is 0.591. The van der Waals surface area contributed by atoms with Gasteiger partial charge in [0.2, 0.25) is 0 Å². The Morgan fingerprint density at radius 2 is 1.81 bits per heavy atom. The van der Waals surface area contributed by atoms with Crippen molar-refractivity contribution in [2.24, 2.45) is 0 Å². The van der Waals surface area contributed by atoms with Crippen molar-refractivity contribution in [1.82, 2.24) is 14.8 Å². The van der Waals surface area contributed by atoms with Gasteiger partial charge in [0.1, 0.15) is 0 Å². The highest BCUT2D eigenvalue weighted by Gasteiger charge is 2.30. The minimum Gasteiger partial charge on any atom is -0.503 e. The van der Waals surface area contributed by atoms with E-state index in [9.17, 15) is 28.6 Å². The van der Waals surface area contributed by atoms with E-state index in [0.29, 0.717) is 16.5 Å². The van der Waals surface area contributed by atoms with E-state index in [1.54, 1.807) is 24.0 Å². The maximum Gasteiger partial charge on any atom is 0.407 e. The lowest BCUT2D eigenvalue weighted by Crippen LogP contribution is -2.55. The zero-order valence-corrected chi connectivity index (χ0v) is 17.6. The molecule has 0 radical (unpaired) electrons. The second-order valence-corrected chi connectivity index (χ2v) is 7.99. The Morgan fingerprint density at radius 1 is 1.12 bits per heavy atom. The number of pyridine rings is 1. The van der Waals surface area contributed by atoms with Crippen molar-refractivity contribution >= 4 is 34.5 Å². The molecule has 2 amide bonds. The number of benzene rings is 2. The second kappa shape index (κ2) is 8.23. The third-order valence-corrected chi connectivity index (χ3v) is 5.79. The summed E-state index contributed by atoms with van der Waals surface area (Å²) in [6.45, 7) is 2.46. The molecule has 1 aliphatic heterocycles. The van der Waals surface area contributed by atoms with Gasteiger partial charge in [-0.25, -0.2) is 18.6 Å². The van der Waals surface area contributed by atoms with E-state index in [1.165, 1.54) is 17.0 Å². The number of carbonyl (C=O) groups is 2. The maximum absolute atomic E-state index is 13.8. The first kappa shape index (κ1) is 21.8. The predicted octanol–water partition coefficient (Wildman–Crippen LogP) is 4.36. The molecule has 0 spiro atoms. The molecule has 7 nitrogen and oxygen atoms in total. The summed E-state index contributed by atoms with van der Waals surface area (Å²) in [6.07, 6.45) is -1.02. The summed E-state index contributed by atoms with van der Waals surface area (Å²) in [6, 6.07) is 7.77. The van der Waals surface area contributed by atoms with E-state index in [-0.39, 0.29) is 47.9 Å². The van der Waals surface area contributed by atoms with Crippen molar-refractivity contribution in [1.29, 1.82) is 0 Å². The molecule has 1 fully saturated rings. The predicted molar refractivity (Wildman–Crippen MR) is 114 cm³/mol. The highest BCUT2D eigenvalue weighted by molar-refractivity contribution is 6.35. The number of phenols is 1. The Hall–Kier alpha value is -3.46. The molecule has 2 aromatic carbocycles. The summed E-state index contributed by atoms with van der Waals surface area (Å²) in [5, 5.41) is 19.4. The molecule has 1 atom stereocenters. The standard InChI is InChI=1S/C22H18ClF2N3O4/c1-11-10-27(4-5-28(11)22(31)32)21(30)12-2-3-14-15(23)9-18(26-19(14)8-12)13-6-16(24)20(29)17(25)7-13/h2-3,6-9,11,29H,4-5,10H2,1H3,(H,31,32)/t11-/m1/s1. The van der Waals surface area contributed by atoms with E-state index in [2.05, 4.69) is 4.98 Å². The van der Waals surface area contributed by atoms with Crippen LogP contribution in [0.5, 0.6) is 5.75 Å². The van der Waals surface area contributed by atoms with Crippen LogP contribution in [0.4, 0.5) is 13.6 Å². The smallest absolute Gasteiger partial charge is 0.407 e. The molecule has 1 aromatic heterocycles. The molecule has 1 saturated heterocycles. The van der Waals surface area contributed by atoms with Gasteiger partial charge in [-0.2, -0.15) is 0 Å². The monoisotopic (exact) mass is 461 g/mol. The van der Waals surface area contributed by atoms with Crippen LogP contribution in [-0.4, -0.2) is 62.7 Å². The number of hydrogen-bond acceptors (Lipinski definition) is 4. The lowest BCUT2D eigenvalue weighted by molar-refractivity contribution is 0.0507. The van der Waals surface area contributed by atoms with Gasteiger partial charge in [-0.3, -0.25) is 4.79 Å². The number of carbonyl (C=O) groups excluding carboxylic acids is 1. The lowest BCUT2D eigenvalue weighted by Gasteiger charge is -2.38. The molecule has 32 heavy (non-hydrogen) atoms. The molecule has 2 N–H and O–H groups in total. The third-order valence-electron chi connectivity index (χ3n) is 5.48. The average molecular weight is 462 g/mol. The summed E-state index contributed by atoms with van der Waals surface area (Å²) in [7, 11) is 0. The van der Waals surface area contributed by atoms with E-state index in [4.69, 9.17) is 11.6 Å². The zero-order valence-electron chi connectivity index (χ0n) is 16.8. The van der Waals surface area contributed by atoms with Gasteiger partial charge in [-0.15, -0.1) is 0 Å². The van der Waals surface area contributed by atoms with Crippen molar-refractivity contribution in [3.05, 3.63) is 58.6 Å². The van der Waals surface area contributed by atoms with Crippen LogP contribution in [0.15, 0.2) is 36.4 Å². The fraction of sp³-hybridized carbons (Fsp3) is 0.227. The number of hydrogen-bond donors (Lipinski definition) is 2. The first-order chi connectivity index (χ1) is 15.2. The van der Waals surface area contributed by atoms with Crippen LogP contribution >= 0.6 is 11.6 Å². The van der Waals surface area contributed by atoms with E-state index in [0.717, 1.165) is 12.1 Å². The number of halogens is 3. The van der Waals surface area contributed by atoms with Gasteiger partial charge in [-0.1, -0.05) is 17.7 Å². The van der Waals surface area contributed by atoms with Gasteiger partial charge in [0.05, 0.1) is 16.2 Å². The fourth-order valence-corrected chi connectivity index (χ4v) is 4.05. The summed E-state index contributed by atoms with van der Waals surface area (Å²) in [5.74, 6) is -3.62. The van der Waals surface area contributed by atoms with E-state index < -0.39 is 23.5 Å². The maximum atomic E-state index is 13.8. The Kier molecular flexibility index (Phi) is 5.60. The first-order valence-corrected chi connectivity index (χ1v) is 10.1. The summed E-state index contributed by atoms with van der Waals surface area (Å²) >= 11 is 6.34. The molecule has 4 rings (SSSR count). The zero-order chi connectivity index (χ0) is 23.2. The SMILES string of the molecule is C[C@@H]1CN(C(=O)c2ccc3c(Cl)cc(-c4cc(F)c(O)c(F)c4)nc3c2)CCN1C(=O)O. The Morgan fingerprint density at radius 3 is 2.44 bits per heavy atom. The van der Waals surface area contributed by atoms with Crippen LogP contribution in [-0.2, 0) is 0 Å². The molecule has 2 heterocycles. The number of rotatable bonds is 2. The molecule has 10 heteroatoms. The van der Waals surface area contributed by atoms with E-state index >= 15 is 0 Å². The van der Waals surface area contributed by atoms with Crippen LogP contribution < -0.4 is 0 Å². The number of fused-ring (bicyclic) bond motifs is 1.